The second kappa shape index (κ2) is 3.49. The summed E-state index contributed by atoms with van der Waals surface area (Å²) in [6.07, 6.45) is 3.49. The summed E-state index contributed by atoms with van der Waals surface area (Å²) in [6.45, 7) is 4.03. The average Bonchev–Trinajstić information content (AvgIpc) is 2.52. The maximum Gasteiger partial charge on any atom is 0.155 e. The van der Waals surface area contributed by atoms with Gasteiger partial charge in [-0.15, -0.1) is 0 Å². The average molecular weight is 188 g/mol. The zero-order valence-corrected chi connectivity index (χ0v) is 8.20. The zero-order chi connectivity index (χ0) is 9.97. The second-order valence-electron chi connectivity index (χ2n) is 3.18. The Morgan fingerprint density at radius 3 is 2.50 bits per heavy atom. The summed E-state index contributed by atoms with van der Waals surface area (Å²) in [4.78, 5) is 3.95. The van der Waals surface area contributed by atoms with Gasteiger partial charge < -0.3 is 5.32 Å². The molecule has 0 unspecified atom stereocenters. The van der Waals surface area contributed by atoms with Crippen LogP contribution in [0.2, 0.25) is 0 Å². The van der Waals surface area contributed by atoms with Crippen LogP contribution in [0.3, 0.4) is 0 Å². The minimum absolute atomic E-state index is 0.869. The number of hydrogen-bond acceptors (Lipinski definition) is 3. The van der Waals surface area contributed by atoms with E-state index in [0.29, 0.717) is 0 Å². The molecule has 0 aromatic carbocycles. The summed E-state index contributed by atoms with van der Waals surface area (Å²) in [5, 5.41) is 10.3. The number of rotatable bonds is 2. The number of hydrogen-bond donors (Lipinski definition) is 2. The molecular weight excluding hydrogens is 176 g/mol. The number of anilines is 2. The largest absolute Gasteiger partial charge is 0.338 e. The number of aromatic nitrogens is 3. The van der Waals surface area contributed by atoms with Crippen molar-refractivity contribution in [2.75, 3.05) is 5.32 Å². The first-order valence-corrected chi connectivity index (χ1v) is 4.46. The van der Waals surface area contributed by atoms with E-state index in [9.17, 15) is 0 Å². The van der Waals surface area contributed by atoms with Crippen LogP contribution in [0, 0.1) is 13.8 Å². The van der Waals surface area contributed by atoms with Crippen molar-refractivity contribution < 1.29 is 0 Å². The van der Waals surface area contributed by atoms with Crippen molar-refractivity contribution >= 4 is 11.5 Å². The van der Waals surface area contributed by atoms with E-state index in [4.69, 9.17) is 0 Å². The molecule has 2 aromatic heterocycles. The third kappa shape index (κ3) is 1.59. The standard InChI is InChI=1S/C10H12N4/c1-7-8(2)13-14-10(7)12-9-3-5-11-6-4-9/h3-6H,1-2H3,(H2,11,12,13,14). The number of aryl methyl sites for hydroxylation is 1. The van der Waals surface area contributed by atoms with Gasteiger partial charge in [0.05, 0.1) is 0 Å². The van der Waals surface area contributed by atoms with Crippen LogP contribution in [0.5, 0.6) is 0 Å². The summed E-state index contributed by atoms with van der Waals surface area (Å²) in [6, 6.07) is 3.81. The highest BCUT2D eigenvalue weighted by molar-refractivity contribution is 5.58. The van der Waals surface area contributed by atoms with Crippen molar-refractivity contribution in [1.82, 2.24) is 15.2 Å². The van der Waals surface area contributed by atoms with Crippen molar-refractivity contribution in [3.05, 3.63) is 35.8 Å². The molecule has 0 atom stereocenters. The van der Waals surface area contributed by atoms with Gasteiger partial charge in [0.2, 0.25) is 0 Å². The predicted octanol–water partition coefficient (Wildman–Crippen LogP) is 2.17. The van der Waals surface area contributed by atoms with Crippen LogP contribution in [0.1, 0.15) is 11.3 Å². The maximum atomic E-state index is 4.15. The molecule has 0 amide bonds. The van der Waals surface area contributed by atoms with Crippen molar-refractivity contribution in [3.63, 3.8) is 0 Å². The Hall–Kier alpha value is -1.84. The van der Waals surface area contributed by atoms with E-state index in [2.05, 4.69) is 20.5 Å². The topological polar surface area (TPSA) is 53.6 Å². The highest BCUT2D eigenvalue weighted by Gasteiger charge is 2.04. The normalized spacial score (nSPS) is 10.1. The van der Waals surface area contributed by atoms with Gasteiger partial charge in [-0.1, -0.05) is 0 Å². The Morgan fingerprint density at radius 2 is 1.93 bits per heavy atom. The molecule has 0 spiro atoms. The van der Waals surface area contributed by atoms with Gasteiger partial charge in [-0.25, -0.2) is 0 Å². The van der Waals surface area contributed by atoms with E-state index >= 15 is 0 Å². The van der Waals surface area contributed by atoms with Gasteiger partial charge in [0, 0.05) is 29.3 Å². The van der Waals surface area contributed by atoms with Crippen LogP contribution in [-0.4, -0.2) is 15.2 Å². The van der Waals surface area contributed by atoms with Crippen LogP contribution >= 0.6 is 0 Å². The minimum atomic E-state index is 0.869. The molecule has 2 rings (SSSR count). The van der Waals surface area contributed by atoms with Crippen molar-refractivity contribution in [1.29, 1.82) is 0 Å². The highest BCUT2D eigenvalue weighted by Crippen LogP contribution is 2.18. The van der Waals surface area contributed by atoms with Crippen LogP contribution in [0.4, 0.5) is 11.5 Å². The van der Waals surface area contributed by atoms with Crippen LogP contribution in [0.25, 0.3) is 0 Å². The summed E-state index contributed by atoms with van der Waals surface area (Å²) >= 11 is 0. The third-order valence-corrected chi connectivity index (χ3v) is 2.20. The molecule has 0 bridgehead atoms. The Labute approximate surface area is 82.4 Å². The first-order valence-electron chi connectivity index (χ1n) is 4.46. The Kier molecular flexibility index (Phi) is 2.18. The van der Waals surface area contributed by atoms with Crippen molar-refractivity contribution in [2.24, 2.45) is 0 Å². The fourth-order valence-electron chi connectivity index (χ4n) is 1.18. The predicted molar refractivity (Wildman–Crippen MR) is 55.6 cm³/mol. The van der Waals surface area contributed by atoms with Crippen molar-refractivity contribution in [2.45, 2.75) is 13.8 Å². The van der Waals surface area contributed by atoms with Gasteiger partial charge in [0.25, 0.3) is 0 Å². The Morgan fingerprint density at radius 1 is 1.21 bits per heavy atom. The minimum Gasteiger partial charge on any atom is -0.338 e. The fraction of sp³-hybridized carbons (Fsp3) is 0.200. The monoisotopic (exact) mass is 188 g/mol. The van der Waals surface area contributed by atoms with E-state index in [1.807, 2.05) is 26.0 Å². The molecule has 0 saturated heterocycles. The molecule has 0 saturated carbocycles. The van der Waals surface area contributed by atoms with E-state index < -0.39 is 0 Å². The molecule has 2 aromatic rings. The summed E-state index contributed by atoms with van der Waals surface area (Å²) in [5.74, 6) is 0.869. The van der Waals surface area contributed by atoms with E-state index in [1.54, 1.807) is 12.4 Å². The van der Waals surface area contributed by atoms with E-state index in [0.717, 1.165) is 22.8 Å². The Balaban J connectivity index is 2.23. The van der Waals surface area contributed by atoms with Crippen LogP contribution in [0.15, 0.2) is 24.5 Å². The molecule has 4 heteroatoms. The molecule has 4 nitrogen and oxygen atoms in total. The molecular formula is C10H12N4. The lowest BCUT2D eigenvalue weighted by molar-refractivity contribution is 1.05. The lowest BCUT2D eigenvalue weighted by Gasteiger charge is -2.02. The maximum absolute atomic E-state index is 4.15. The summed E-state index contributed by atoms with van der Waals surface area (Å²) in [7, 11) is 0. The number of pyridine rings is 1. The third-order valence-electron chi connectivity index (χ3n) is 2.20. The van der Waals surface area contributed by atoms with Crippen LogP contribution < -0.4 is 5.32 Å². The number of nitrogens with zero attached hydrogens (tertiary/aromatic N) is 2. The van der Waals surface area contributed by atoms with Gasteiger partial charge >= 0.3 is 0 Å². The van der Waals surface area contributed by atoms with Gasteiger partial charge in [0.1, 0.15) is 0 Å². The smallest absolute Gasteiger partial charge is 0.155 e. The van der Waals surface area contributed by atoms with Crippen LogP contribution in [-0.2, 0) is 0 Å². The molecule has 14 heavy (non-hydrogen) atoms. The fourth-order valence-corrected chi connectivity index (χ4v) is 1.18. The molecule has 2 N–H and O–H groups in total. The molecule has 0 radical (unpaired) electrons. The number of aromatic amines is 1. The lowest BCUT2D eigenvalue weighted by atomic mass is 10.3. The first kappa shape index (κ1) is 8.74. The van der Waals surface area contributed by atoms with E-state index in [1.165, 1.54) is 0 Å². The zero-order valence-electron chi connectivity index (χ0n) is 8.20. The molecule has 0 fully saturated rings. The second-order valence-corrected chi connectivity index (χ2v) is 3.18. The highest BCUT2D eigenvalue weighted by atomic mass is 15.2. The summed E-state index contributed by atoms with van der Waals surface area (Å²) < 4.78 is 0. The Bertz CT molecular complexity index is 419. The number of H-pyrrole nitrogens is 1. The molecule has 2 heterocycles. The number of nitrogens with one attached hydrogen (secondary N) is 2. The molecule has 0 aliphatic rings. The van der Waals surface area contributed by atoms with Crippen molar-refractivity contribution in [3.8, 4) is 0 Å². The molecule has 72 valence electrons. The molecule has 0 aliphatic heterocycles. The SMILES string of the molecule is Cc1[nH]nc(Nc2ccncc2)c1C. The quantitative estimate of drug-likeness (QED) is 0.759. The van der Waals surface area contributed by atoms with Gasteiger partial charge in [-0.3, -0.25) is 10.1 Å². The summed E-state index contributed by atoms with van der Waals surface area (Å²) in [5.41, 5.74) is 3.22. The van der Waals surface area contributed by atoms with Gasteiger partial charge in [-0.2, -0.15) is 5.10 Å². The first-order chi connectivity index (χ1) is 6.77. The van der Waals surface area contributed by atoms with Gasteiger partial charge in [0.15, 0.2) is 5.82 Å². The van der Waals surface area contributed by atoms with E-state index in [-0.39, 0.29) is 0 Å². The van der Waals surface area contributed by atoms with Gasteiger partial charge in [-0.05, 0) is 26.0 Å². The lowest BCUT2D eigenvalue weighted by Crippen LogP contribution is -1.92. The molecule has 0 aliphatic carbocycles.